The summed E-state index contributed by atoms with van der Waals surface area (Å²) in [6.45, 7) is 1.35. The van der Waals surface area contributed by atoms with Gasteiger partial charge in [0.1, 0.15) is 11.9 Å². The zero-order chi connectivity index (χ0) is 16.6. The maximum Gasteiger partial charge on any atom is 0.243 e. The van der Waals surface area contributed by atoms with E-state index in [9.17, 15) is 8.42 Å². The van der Waals surface area contributed by atoms with E-state index in [-0.39, 0.29) is 6.10 Å². The van der Waals surface area contributed by atoms with Crippen molar-refractivity contribution in [1.29, 1.82) is 0 Å². The lowest BCUT2D eigenvalue weighted by atomic mass is 10.2. The predicted molar refractivity (Wildman–Crippen MR) is 85.5 cm³/mol. The fraction of sp³-hybridized carbons (Fsp3) is 0.375. The summed E-state index contributed by atoms with van der Waals surface area (Å²) in [5.41, 5.74) is 0.947. The van der Waals surface area contributed by atoms with Crippen molar-refractivity contribution in [2.24, 2.45) is 0 Å². The first kappa shape index (κ1) is 15.3. The fourth-order valence-electron chi connectivity index (χ4n) is 3.01. The van der Waals surface area contributed by atoms with E-state index in [1.807, 2.05) is 0 Å². The lowest BCUT2D eigenvalue weighted by Gasteiger charge is -2.17. The minimum atomic E-state index is -3.52. The zero-order valence-corrected chi connectivity index (χ0v) is 13.8. The standard InChI is InChI=1S/C16H17N3O4S/c20-24(21,14-3-4-15-12(10-14)6-9-22-15)19-8-5-13(11-19)23-16-2-1-7-17-18-16/h1-4,7,10,13H,5-6,8-9,11H2. The first-order valence-electron chi connectivity index (χ1n) is 7.83. The second-order valence-electron chi connectivity index (χ2n) is 5.82. The van der Waals surface area contributed by atoms with Crippen molar-refractivity contribution in [2.45, 2.75) is 23.8 Å². The first-order valence-corrected chi connectivity index (χ1v) is 9.27. The van der Waals surface area contributed by atoms with Crippen LogP contribution in [0.5, 0.6) is 11.6 Å². The Morgan fingerprint density at radius 1 is 1.29 bits per heavy atom. The maximum atomic E-state index is 12.8. The molecule has 24 heavy (non-hydrogen) atoms. The first-order chi connectivity index (χ1) is 11.6. The molecule has 3 heterocycles. The summed E-state index contributed by atoms with van der Waals surface area (Å²) < 4.78 is 38.3. The van der Waals surface area contributed by atoms with Crippen molar-refractivity contribution in [3.05, 3.63) is 42.1 Å². The van der Waals surface area contributed by atoms with Crippen LogP contribution in [0.1, 0.15) is 12.0 Å². The number of fused-ring (bicyclic) bond motifs is 1. The minimum absolute atomic E-state index is 0.214. The van der Waals surface area contributed by atoms with E-state index in [0.717, 1.165) is 17.7 Å². The monoisotopic (exact) mass is 347 g/mol. The third-order valence-corrected chi connectivity index (χ3v) is 6.10. The van der Waals surface area contributed by atoms with Gasteiger partial charge < -0.3 is 9.47 Å². The van der Waals surface area contributed by atoms with E-state index in [4.69, 9.17) is 9.47 Å². The van der Waals surface area contributed by atoms with E-state index in [2.05, 4.69) is 10.2 Å². The molecule has 1 aromatic heterocycles. The Balaban J connectivity index is 1.49. The molecule has 2 aromatic rings. The molecular formula is C16H17N3O4S. The summed E-state index contributed by atoms with van der Waals surface area (Å²) in [5, 5.41) is 7.63. The molecule has 4 rings (SSSR count). The second-order valence-corrected chi connectivity index (χ2v) is 7.76. The van der Waals surface area contributed by atoms with Gasteiger partial charge >= 0.3 is 0 Å². The number of hydrogen-bond acceptors (Lipinski definition) is 6. The highest BCUT2D eigenvalue weighted by atomic mass is 32.2. The predicted octanol–water partition coefficient (Wildman–Crippen LogP) is 1.25. The van der Waals surface area contributed by atoms with Gasteiger partial charge in [-0.25, -0.2) is 8.42 Å². The topological polar surface area (TPSA) is 81.6 Å². The number of sulfonamides is 1. The average Bonchev–Trinajstić information content (AvgIpc) is 3.24. The lowest BCUT2D eigenvalue weighted by Crippen LogP contribution is -2.31. The Labute approximate surface area is 140 Å². The van der Waals surface area contributed by atoms with Crippen LogP contribution in [0.2, 0.25) is 0 Å². The molecule has 1 atom stereocenters. The Kier molecular flexibility index (Phi) is 3.85. The molecule has 0 bridgehead atoms. The largest absolute Gasteiger partial charge is 0.493 e. The number of hydrogen-bond donors (Lipinski definition) is 0. The van der Waals surface area contributed by atoms with E-state index in [1.165, 1.54) is 4.31 Å². The molecule has 0 saturated carbocycles. The van der Waals surface area contributed by atoms with Crippen LogP contribution >= 0.6 is 0 Å². The molecule has 1 aromatic carbocycles. The smallest absolute Gasteiger partial charge is 0.243 e. The summed E-state index contributed by atoms with van der Waals surface area (Å²) in [6.07, 6.45) is 2.73. The van der Waals surface area contributed by atoms with Crippen molar-refractivity contribution in [3.63, 3.8) is 0 Å². The number of ether oxygens (including phenoxy) is 2. The van der Waals surface area contributed by atoms with E-state index in [1.54, 1.807) is 36.5 Å². The fourth-order valence-corrected chi connectivity index (χ4v) is 4.54. The molecule has 0 spiro atoms. The van der Waals surface area contributed by atoms with E-state index < -0.39 is 10.0 Å². The number of nitrogens with zero attached hydrogens (tertiary/aromatic N) is 3. The molecule has 8 heteroatoms. The highest BCUT2D eigenvalue weighted by molar-refractivity contribution is 7.89. The molecule has 0 N–H and O–H groups in total. The van der Waals surface area contributed by atoms with Crippen molar-refractivity contribution < 1.29 is 17.9 Å². The molecule has 0 aliphatic carbocycles. The molecular weight excluding hydrogens is 330 g/mol. The SMILES string of the molecule is O=S(=O)(c1ccc2c(c1)CCO2)N1CCC(Oc2cccnn2)C1. The van der Waals surface area contributed by atoms with Gasteiger partial charge in [0.2, 0.25) is 15.9 Å². The van der Waals surface area contributed by atoms with Gasteiger partial charge in [-0.05, 0) is 36.2 Å². The summed E-state index contributed by atoms with van der Waals surface area (Å²) >= 11 is 0. The van der Waals surface area contributed by atoms with Crippen LogP contribution in [0.3, 0.4) is 0 Å². The molecule has 7 nitrogen and oxygen atoms in total. The Morgan fingerprint density at radius 3 is 3.04 bits per heavy atom. The molecule has 0 amide bonds. The third kappa shape index (κ3) is 2.83. The Bertz CT molecular complexity index is 842. The van der Waals surface area contributed by atoms with Gasteiger partial charge in [-0.1, -0.05) is 0 Å². The minimum Gasteiger partial charge on any atom is -0.493 e. The normalized spacial score (nSPS) is 20.6. The van der Waals surface area contributed by atoms with Crippen LogP contribution in [0.15, 0.2) is 41.4 Å². The molecule has 126 valence electrons. The van der Waals surface area contributed by atoms with Crippen LogP contribution in [-0.4, -0.2) is 48.7 Å². The molecule has 2 aliphatic rings. The van der Waals surface area contributed by atoms with Gasteiger partial charge in [-0.3, -0.25) is 0 Å². The van der Waals surface area contributed by atoms with E-state index in [0.29, 0.717) is 36.9 Å². The Morgan fingerprint density at radius 2 is 2.21 bits per heavy atom. The van der Waals surface area contributed by atoms with Crippen molar-refractivity contribution in [3.8, 4) is 11.6 Å². The van der Waals surface area contributed by atoms with Gasteiger partial charge in [0, 0.05) is 25.2 Å². The van der Waals surface area contributed by atoms with Gasteiger partial charge in [-0.2, -0.15) is 9.40 Å². The number of rotatable bonds is 4. The summed E-state index contributed by atoms with van der Waals surface area (Å²) in [4.78, 5) is 0.312. The number of benzene rings is 1. The molecule has 1 fully saturated rings. The summed E-state index contributed by atoms with van der Waals surface area (Å²) in [6, 6.07) is 8.51. The zero-order valence-electron chi connectivity index (χ0n) is 13.0. The Hall–Kier alpha value is -2.19. The number of aromatic nitrogens is 2. The second kappa shape index (κ2) is 6.03. The summed E-state index contributed by atoms with van der Waals surface area (Å²) in [5.74, 6) is 1.19. The van der Waals surface area contributed by atoms with Crippen LogP contribution < -0.4 is 9.47 Å². The average molecular weight is 347 g/mol. The molecule has 0 radical (unpaired) electrons. The maximum absolute atomic E-state index is 12.8. The van der Waals surface area contributed by atoms with Crippen molar-refractivity contribution in [1.82, 2.24) is 14.5 Å². The van der Waals surface area contributed by atoms with Crippen LogP contribution in [0.4, 0.5) is 0 Å². The van der Waals surface area contributed by atoms with Gasteiger partial charge in [-0.15, -0.1) is 5.10 Å². The van der Waals surface area contributed by atoms with Crippen LogP contribution in [0, 0.1) is 0 Å². The highest BCUT2D eigenvalue weighted by Gasteiger charge is 2.34. The van der Waals surface area contributed by atoms with Gasteiger partial charge in [0.25, 0.3) is 0 Å². The van der Waals surface area contributed by atoms with Crippen molar-refractivity contribution in [2.75, 3.05) is 19.7 Å². The summed E-state index contributed by atoms with van der Waals surface area (Å²) in [7, 11) is -3.52. The van der Waals surface area contributed by atoms with Crippen molar-refractivity contribution >= 4 is 10.0 Å². The van der Waals surface area contributed by atoms with Gasteiger partial charge in [0.05, 0.1) is 18.0 Å². The highest BCUT2D eigenvalue weighted by Crippen LogP contribution is 2.30. The molecule has 2 aliphatic heterocycles. The lowest BCUT2D eigenvalue weighted by molar-refractivity contribution is 0.204. The quantitative estimate of drug-likeness (QED) is 0.828. The van der Waals surface area contributed by atoms with Crippen LogP contribution in [-0.2, 0) is 16.4 Å². The van der Waals surface area contributed by atoms with Gasteiger partial charge in [0.15, 0.2) is 0 Å². The van der Waals surface area contributed by atoms with E-state index >= 15 is 0 Å². The molecule has 1 saturated heterocycles. The van der Waals surface area contributed by atoms with Crippen LogP contribution in [0.25, 0.3) is 0 Å². The molecule has 1 unspecified atom stereocenters. The third-order valence-electron chi connectivity index (χ3n) is 4.24.